The molecule has 1 N–H and O–H groups in total. The van der Waals surface area contributed by atoms with Gasteiger partial charge in [-0.05, 0) is 18.4 Å². The van der Waals surface area contributed by atoms with Gasteiger partial charge in [0, 0.05) is 13.2 Å². The lowest BCUT2D eigenvalue weighted by molar-refractivity contribution is 0.0409. The Bertz CT molecular complexity index is 233. The smallest absolute Gasteiger partial charge is 0.0822 e. The van der Waals surface area contributed by atoms with Crippen molar-refractivity contribution in [1.29, 1.82) is 0 Å². The molecule has 1 aromatic carbocycles. The van der Waals surface area contributed by atoms with Crippen molar-refractivity contribution in [2.24, 2.45) is 0 Å². The Morgan fingerprint density at radius 2 is 2.00 bits per heavy atom. The third kappa shape index (κ3) is 3.48. The Kier molecular flexibility index (Phi) is 5.27. The van der Waals surface area contributed by atoms with Gasteiger partial charge in [0.2, 0.25) is 0 Å². The summed E-state index contributed by atoms with van der Waals surface area (Å²) in [6, 6.07) is 10.2. The molecule has 0 saturated heterocycles. The molecule has 0 fully saturated rings. The summed E-state index contributed by atoms with van der Waals surface area (Å²) < 4.78 is 5.66. The second-order valence-electron chi connectivity index (χ2n) is 3.26. The normalized spacial score (nSPS) is 12.7. The maximum absolute atomic E-state index is 8.64. The zero-order chi connectivity index (χ0) is 10.2. The Labute approximate surface area is 85.5 Å². The van der Waals surface area contributed by atoms with Crippen LogP contribution in [0.4, 0.5) is 0 Å². The quantitative estimate of drug-likeness (QED) is 0.705. The van der Waals surface area contributed by atoms with Gasteiger partial charge in [-0.15, -0.1) is 0 Å². The van der Waals surface area contributed by atoms with Crippen LogP contribution < -0.4 is 0 Å². The number of aliphatic hydroxyl groups is 1. The fraction of sp³-hybridized carbons (Fsp3) is 0.500. The van der Waals surface area contributed by atoms with Crippen LogP contribution >= 0.6 is 0 Å². The highest BCUT2D eigenvalue weighted by Crippen LogP contribution is 2.20. The number of rotatable bonds is 6. The van der Waals surface area contributed by atoms with Crippen molar-refractivity contribution in [3.63, 3.8) is 0 Å². The number of hydrogen-bond donors (Lipinski definition) is 1. The average molecular weight is 194 g/mol. The Morgan fingerprint density at radius 3 is 2.57 bits per heavy atom. The Hall–Kier alpha value is -0.860. The fourth-order valence-electron chi connectivity index (χ4n) is 1.41. The van der Waals surface area contributed by atoms with E-state index in [1.54, 1.807) is 0 Å². The van der Waals surface area contributed by atoms with Gasteiger partial charge in [0.15, 0.2) is 0 Å². The number of hydrogen-bond acceptors (Lipinski definition) is 2. The van der Waals surface area contributed by atoms with Crippen molar-refractivity contribution >= 4 is 0 Å². The van der Waals surface area contributed by atoms with Crippen molar-refractivity contribution < 1.29 is 9.84 Å². The Balaban J connectivity index is 2.46. The number of ether oxygens (including phenoxy) is 1. The molecule has 1 rings (SSSR count). The summed E-state index contributed by atoms with van der Waals surface area (Å²) in [6.07, 6.45) is 1.85. The topological polar surface area (TPSA) is 29.5 Å². The van der Waals surface area contributed by atoms with Crippen LogP contribution in [0.5, 0.6) is 0 Å². The molecular weight excluding hydrogens is 176 g/mol. The maximum Gasteiger partial charge on any atom is 0.0822 e. The second-order valence-corrected chi connectivity index (χ2v) is 3.26. The maximum atomic E-state index is 8.64. The fourth-order valence-corrected chi connectivity index (χ4v) is 1.41. The molecule has 0 aliphatic heterocycles. The highest BCUT2D eigenvalue weighted by atomic mass is 16.5. The molecule has 2 heteroatoms. The predicted molar refractivity (Wildman–Crippen MR) is 57.1 cm³/mol. The first kappa shape index (κ1) is 11.2. The van der Waals surface area contributed by atoms with Crippen molar-refractivity contribution in [3.05, 3.63) is 35.9 Å². The number of benzene rings is 1. The zero-order valence-corrected chi connectivity index (χ0v) is 8.65. The zero-order valence-electron chi connectivity index (χ0n) is 8.65. The van der Waals surface area contributed by atoms with Crippen LogP contribution in [-0.4, -0.2) is 18.3 Å². The molecule has 14 heavy (non-hydrogen) atoms. The molecule has 0 heterocycles. The molecule has 1 unspecified atom stereocenters. The largest absolute Gasteiger partial charge is 0.396 e. The van der Waals surface area contributed by atoms with Gasteiger partial charge < -0.3 is 9.84 Å². The summed E-state index contributed by atoms with van der Waals surface area (Å²) in [6.45, 7) is 2.94. The minimum atomic E-state index is 0.169. The molecule has 0 radical (unpaired) electrons. The van der Waals surface area contributed by atoms with Gasteiger partial charge in [0.05, 0.1) is 6.10 Å². The third-order valence-corrected chi connectivity index (χ3v) is 2.16. The molecule has 0 amide bonds. The summed E-state index contributed by atoms with van der Waals surface area (Å²) >= 11 is 0. The Morgan fingerprint density at radius 1 is 1.29 bits per heavy atom. The molecule has 0 bridgehead atoms. The van der Waals surface area contributed by atoms with Crippen LogP contribution in [0.3, 0.4) is 0 Å². The first-order valence-corrected chi connectivity index (χ1v) is 5.16. The van der Waals surface area contributed by atoms with E-state index in [0.717, 1.165) is 6.42 Å². The second kappa shape index (κ2) is 6.57. The van der Waals surface area contributed by atoms with Crippen molar-refractivity contribution in [2.75, 3.05) is 13.2 Å². The summed E-state index contributed by atoms with van der Waals surface area (Å²) in [7, 11) is 0. The molecule has 1 aromatic rings. The first-order chi connectivity index (χ1) is 6.88. The van der Waals surface area contributed by atoms with Gasteiger partial charge in [-0.25, -0.2) is 0 Å². The molecule has 2 nitrogen and oxygen atoms in total. The molecule has 78 valence electrons. The highest BCUT2D eigenvalue weighted by Gasteiger charge is 2.07. The van der Waals surface area contributed by atoms with E-state index in [1.165, 1.54) is 5.56 Å². The lowest BCUT2D eigenvalue weighted by Crippen LogP contribution is -2.05. The first-order valence-electron chi connectivity index (χ1n) is 5.16. The van der Waals surface area contributed by atoms with Crippen LogP contribution in [0.25, 0.3) is 0 Å². The van der Waals surface area contributed by atoms with Gasteiger partial charge in [-0.1, -0.05) is 37.3 Å². The monoisotopic (exact) mass is 194 g/mol. The van der Waals surface area contributed by atoms with Crippen molar-refractivity contribution in [2.45, 2.75) is 25.9 Å². The van der Waals surface area contributed by atoms with E-state index in [1.807, 2.05) is 18.2 Å². The lowest BCUT2D eigenvalue weighted by atomic mass is 10.1. The van der Waals surface area contributed by atoms with E-state index in [4.69, 9.17) is 9.84 Å². The van der Waals surface area contributed by atoms with E-state index < -0.39 is 0 Å². The third-order valence-electron chi connectivity index (χ3n) is 2.16. The number of aliphatic hydroxyl groups excluding tert-OH is 1. The van der Waals surface area contributed by atoms with Gasteiger partial charge in [-0.2, -0.15) is 0 Å². The summed E-state index contributed by atoms with van der Waals surface area (Å²) in [5, 5.41) is 8.64. The van der Waals surface area contributed by atoms with Gasteiger partial charge in [0.25, 0.3) is 0 Å². The summed E-state index contributed by atoms with van der Waals surface area (Å²) in [5.41, 5.74) is 1.22. The predicted octanol–water partition coefficient (Wildman–Crippen LogP) is 2.54. The average Bonchev–Trinajstić information content (AvgIpc) is 2.26. The summed E-state index contributed by atoms with van der Waals surface area (Å²) in [5.74, 6) is 0. The van der Waals surface area contributed by atoms with Crippen LogP contribution in [0.1, 0.15) is 31.4 Å². The molecule has 0 aliphatic carbocycles. The minimum absolute atomic E-state index is 0.169. The van der Waals surface area contributed by atoms with E-state index in [9.17, 15) is 0 Å². The van der Waals surface area contributed by atoms with Gasteiger partial charge in [0.1, 0.15) is 0 Å². The van der Waals surface area contributed by atoms with E-state index in [2.05, 4.69) is 19.1 Å². The van der Waals surface area contributed by atoms with Crippen LogP contribution in [-0.2, 0) is 4.74 Å². The van der Waals surface area contributed by atoms with Crippen LogP contribution in [0.2, 0.25) is 0 Å². The molecule has 1 atom stereocenters. The molecular formula is C12H18O2. The lowest BCUT2D eigenvalue weighted by Gasteiger charge is -2.15. The van der Waals surface area contributed by atoms with Crippen LogP contribution in [0, 0.1) is 0 Å². The van der Waals surface area contributed by atoms with E-state index in [0.29, 0.717) is 13.0 Å². The van der Waals surface area contributed by atoms with E-state index in [-0.39, 0.29) is 12.7 Å². The van der Waals surface area contributed by atoms with Crippen LogP contribution in [0.15, 0.2) is 30.3 Å². The summed E-state index contributed by atoms with van der Waals surface area (Å²) in [4.78, 5) is 0. The molecule has 0 aromatic heterocycles. The van der Waals surface area contributed by atoms with Gasteiger partial charge >= 0.3 is 0 Å². The van der Waals surface area contributed by atoms with E-state index >= 15 is 0 Å². The molecule has 0 aliphatic rings. The van der Waals surface area contributed by atoms with Crippen molar-refractivity contribution in [1.82, 2.24) is 0 Å². The molecule has 0 spiro atoms. The standard InChI is InChI=1S/C12H18O2/c1-2-12(14-10-6-9-13)11-7-4-3-5-8-11/h3-5,7-8,12-13H,2,6,9-10H2,1H3. The molecule has 0 saturated carbocycles. The highest BCUT2D eigenvalue weighted by molar-refractivity contribution is 5.17. The van der Waals surface area contributed by atoms with Crippen molar-refractivity contribution in [3.8, 4) is 0 Å². The minimum Gasteiger partial charge on any atom is -0.396 e. The van der Waals surface area contributed by atoms with Gasteiger partial charge in [-0.3, -0.25) is 0 Å². The SMILES string of the molecule is CCC(OCCCO)c1ccccc1.